The van der Waals surface area contributed by atoms with Crippen LogP contribution in [0.3, 0.4) is 0 Å². The summed E-state index contributed by atoms with van der Waals surface area (Å²) in [6.45, 7) is 0. The molecule has 4 heteroatoms. The van der Waals surface area contributed by atoms with Gasteiger partial charge in [0.25, 0.3) is 0 Å². The molecular weight excluding hydrogens is 286 g/mol. The maximum atomic E-state index is 5.21. The van der Waals surface area contributed by atoms with Gasteiger partial charge in [-0.15, -0.1) is 0 Å². The van der Waals surface area contributed by atoms with Crippen molar-refractivity contribution in [1.29, 1.82) is 0 Å². The molecule has 1 aliphatic rings. The van der Waals surface area contributed by atoms with Crippen molar-refractivity contribution in [3.05, 3.63) is 22.7 Å². The van der Waals surface area contributed by atoms with Gasteiger partial charge in [0.15, 0.2) is 0 Å². The van der Waals surface area contributed by atoms with Gasteiger partial charge in [-0.1, -0.05) is 0 Å². The van der Waals surface area contributed by atoms with Crippen LogP contribution in [0.2, 0.25) is 0 Å². The smallest absolute Gasteiger partial charge is 0.133 e. The Morgan fingerprint density at radius 3 is 2.75 bits per heavy atom. The topological polar surface area (TPSA) is 21.3 Å². The second kappa shape index (κ2) is 5.82. The fraction of sp³-hybridized carbons (Fsp3) is 0.500. The van der Waals surface area contributed by atoms with Gasteiger partial charge in [0.05, 0.1) is 11.6 Å². The zero-order valence-electron chi connectivity index (χ0n) is 9.33. The van der Waals surface area contributed by atoms with E-state index in [2.05, 4.69) is 33.4 Å². The zero-order valence-corrected chi connectivity index (χ0v) is 11.7. The molecule has 0 amide bonds. The molecule has 1 fully saturated rings. The standard InChI is InChI=1S/C12H16BrNOS/c1-15-12-3-2-10(8-11(12)13)14-9-4-6-16-7-5-9/h2-3,8-9,14H,4-7H2,1H3. The maximum absolute atomic E-state index is 5.21. The minimum atomic E-state index is 0.626. The van der Waals surface area contributed by atoms with Crippen molar-refractivity contribution in [2.45, 2.75) is 18.9 Å². The van der Waals surface area contributed by atoms with E-state index in [1.165, 1.54) is 30.0 Å². The lowest BCUT2D eigenvalue weighted by molar-refractivity contribution is 0.412. The first-order valence-electron chi connectivity index (χ1n) is 5.47. The Labute approximate surface area is 109 Å². The summed E-state index contributed by atoms with van der Waals surface area (Å²) in [7, 11) is 1.69. The molecule has 0 atom stereocenters. The highest BCUT2D eigenvalue weighted by molar-refractivity contribution is 9.10. The van der Waals surface area contributed by atoms with Crippen molar-refractivity contribution in [1.82, 2.24) is 0 Å². The Morgan fingerprint density at radius 2 is 2.12 bits per heavy atom. The molecule has 1 heterocycles. The van der Waals surface area contributed by atoms with Crippen LogP contribution < -0.4 is 10.1 Å². The van der Waals surface area contributed by atoms with Crippen molar-refractivity contribution in [2.24, 2.45) is 0 Å². The summed E-state index contributed by atoms with van der Waals surface area (Å²) in [5.41, 5.74) is 1.17. The lowest BCUT2D eigenvalue weighted by Crippen LogP contribution is -2.24. The van der Waals surface area contributed by atoms with Gasteiger partial charge >= 0.3 is 0 Å². The Bertz CT molecular complexity index is 353. The molecule has 2 nitrogen and oxygen atoms in total. The van der Waals surface area contributed by atoms with Crippen molar-refractivity contribution in [3.8, 4) is 5.75 Å². The maximum Gasteiger partial charge on any atom is 0.133 e. The van der Waals surface area contributed by atoms with E-state index in [1.54, 1.807) is 7.11 Å². The Balaban J connectivity index is 2.01. The van der Waals surface area contributed by atoms with Gasteiger partial charge in [0.2, 0.25) is 0 Å². The molecule has 1 aliphatic heterocycles. The summed E-state index contributed by atoms with van der Waals surface area (Å²) >= 11 is 5.55. The third-order valence-corrected chi connectivity index (χ3v) is 4.41. The lowest BCUT2D eigenvalue weighted by Gasteiger charge is -2.23. The number of ether oxygens (including phenoxy) is 1. The molecule has 0 bridgehead atoms. The highest BCUT2D eigenvalue weighted by Gasteiger charge is 2.13. The van der Waals surface area contributed by atoms with Gasteiger partial charge in [-0.2, -0.15) is 11.8 Å². The second-order valence-electron chi connectivity index (χ2n) is 3.88. The van der Waals surface area contributed by atoms with Gasteiger partial charge in [-0.25, -0.2) is 0 Å². The number of halogens is 1. The number of benzene rings is 1. The van der Waals surface area contributed by atoms with Crippen LogP contribution in [0.15, 0.2) is 22.7 Å². The molecule has 1 aromatic rings. The van der Waals surface area contributed by atoms with Crippen LogP contribution in [0.25, 0.3) is 0 Å². The van der Waals surface area contributed by atoms with Crippen LogP contribution in [-0.2, 0) is 0 Å². The number of nitrogens with one attached hydrogen (secondary N) is 1. The lowest BCUT2D eigenvalue weighted by atomic mass is 10.1. The average molecular weight is 302 g/mol. The Kier molecular flexibility index (Phi) is 4.41. The van der Waals surface area contributed by atoms with Crippen LogP contribution in [0, 0.1) is 0 Å². The highest BCUT2D eigenvalue weighted by atomic mass is 79.9. The van der Waals surface area contributed by atoms with E-state index in [0.29, 0.717) is 6.04 Å². The number of hydrogen-bond acceptors (Lipinski definition) is 3. The first-order chi connectivity index (χ1) is 7.79. The van der Waals surface area contributed by atoms with Gasteiger partial charge < -0.3 is 10.1 Å². The summed E-state index contributed by atoms with van der Waals surface area (Å²) in [5, 5.41) is 3.57. The average Bonchev–Trinajstić information content (AvgIpc) is 2.31. The number of methoxy groups -OCH3 is 1. The third-order valence-electron chi connectivity index (χ3n) is 2.74. The summed E-state index contributed by atoms with van der Waals surface area (Å²) in [6.07, 6.45) is 2.52. The third kappa shape index (κ3) is 3.08. The van der Waals surface area contributed by atoms with E-state index >= 15 is 0 Å². The largest absolute Gasteiger partial charge is 0.496 e. The molecule has 0 aromatic heterocycles. The number of thioether (sulfide) groups is 1. The summed E-state index contributed by atoms with van der Waals surface area (Å²) in [6, 6.07) is 6.78. The van der Waals surface area contributed by atoms with E-state index in [0.717, 1.165) is 10.2 Å². The van der Waals surface area contributed by atoms with Gasteiger partial charge in [0.1, 0.15) is 5.75 Å². The minimum absolute atomic E-state index is 0.626. The first-order valence-corrected chi connectivity index (χ1v) is 7.42. The van der Waals surface area contributed by atoms with E-state index in [-0.39, 0.29) is 0 Å². The molecule has 1 saturated heterocycles. The van der Waals surface area contributed by atoms with E-state index in [4.69, 9.17) is 4.74 Å². The van der Waals surface area contributed by atoms with Crippen molar-refractivity contribution >= 4 is 33.4 Å². The first kappa shape index (κ1) is 12.1. The summed E-state index contributed by atoms with van der Waals surface area (Å²) in [4.78, 5) is 0. The molecule has 1 aromatic carbocycles. The van der Waals surface area contributed by atoms with Crippen LogP contribution in [0.1, 0.15) is 12.8 Å². The molecule has 16 heavy (non-hydrogen) atoms. The molecule has 0 radical (unpaired) electrons. The van der Waals surface area contributed by atoms with Crippen molar-refractivity contribution in [2.75, 3.05) is 23.9 Å². The van der Waals surface area contributed by atoms with Crippen LogP contribution in [-0.4, -0.2) is 24.7 Å². The van der Waals surface area contributed by atoms with Crippen molar-refractivity contribution < 1.29 is 4.74 Å². The molecule has 0 aliphatic carbocycles. The molecule has 1 N–H and O–H groups in total. The molecular formula is C12H16BrNOS. The van der Waals surface area contributed by atoms with E-state index in [9.17, 15) is 0 Å². The molecule has 0 unspecified atom stereocenters. The van der Waals surface area contributed by atoms with E-state index in [1.807, 2.05) is 17.8 Å². The minimum Gasteiger partial charge on any atom is -0.496 e. The molecule has 0 saturated carbocycles. The fourth-order valence-corrected chi connectivity index (χ4v) is 3.48. The molecule has 2 rings (SSSR count). The fourth-order valence-electron chi connectivity index (χ4n) is 1.83. The van der Waals surface area contributed by atoms with Gasteiger partial charge in [-0.3, -0.25) is 0 Å². The quantitative estimate of drug-likeness (QED) is 0.918. The number of hydrogen-bond donors (Lipinski definition) is 1. The normalized spacial score (nSPS) is 17.1. The predicted octanol–water partition coefficient (Wildman–Crippen LogP) is 3.77. The predicted molar refractivity (Wildman–Crippen MR) is 74.7 cm³/mol. The Morgan fingerprint density at radius 1 is 1.38 bits per heavy atom. The van der Waals surface area contributed by atoms with Gasteiger partial charge in [-0.05, 0) is 58.5 Å². The number of rotatable bonds is 3. The molecule has 88 valence electrons. The highest BCUT2D eigenvalue weighted by Crippen LogP contribution is 2.29. The number of anilines is 1. The summed E-state index contributed by atoms with van der Waals surface area (Å²) in [5.74, 6) is 3.43. The monoisotopic (exact) mass is 301 g/mol. The van der Waals surface area contributed by atoms with Crippen LogP contribution in [0.5, 0.6) is 5.75 Å². The van der Waals surface area contributed by atoms with Gasteiger partial charge in [0, 0.05) is 11.7 Å². The Hall–Kier alpha value is -0.350. The van der Waals surface area contributed by atoms with E-state index < -0.39 is 0 Å². The van der Waals surface area contributed by atoms with Crippen molar-refractivity contribution in [3.63, 3.8) is 0 Å². The van der Waals surface area contributed by atoms with Crippen LogP contribution in [0.4, 0.5) is 5.69 Å². The SMILES string of the molecule is COc1ccc(NC2CCSCC2)cc1Br. The van der Waals surface area contributed by atoms with Crippen LogP contribution >= 0.6 is 27.7 Å². The molecule has 0 spiro atoms. The summed E-state index contributed by atoms with van der Waals surface area (Å²) < 4.78 is 6.22. The second-order valence-corrected chi connectivity index (χ2v) is 5.96. The zero-order chi connectivity index (χ0) is 11.4.